The topological polar surface area (TPSA) is 47.1 Å². The maximum absolute atomic E-state index is 5.81. The molecule has 0 aliphatic carbocycles. The lowest BCUT2D eigenvalue weighted by Gasteiger charge is -2.21. The minimum absolute atomic E-state index is 0.361. The molecule has 0 spiro atoms. The van der Waals surface area contributed by atoms with E-state index in [2.05, 4.69) is 54.4 Å². The molecule has 0 saturated heterocycles. The highest BCUT2D eigenvalue weighted by Crippen LogP contribution is 2.21. The quantitative estimate of drug-likeness (QED) is 0.624. The van der Waals surface area contributed by atoms with E-state index in [1.165, 1.54) is 11.3 Å². The van der Waals surface area contributed by atoms with Gasteiger partial charge in [0.15, 0.2) is 0 Å². The molecule has 5 nitrogen and oxygen atoms in total. The van der Waals surface area contributed by atoms with E-state index in [1.807, 2.05) is 31.3 Å². The van der Waals surface area contributed by atoms with Gasteiger partial charge in [0.2, 0.25) is 0 Å². The van der Waals surface area contributed by atoms with Crippen LogP contribution >= 0.6 is 0 Å². The second kappa shape index (κ2) is 7.87. The number of aryl methyl sites for hydroxylation is 2. The summed E-state index contributed by atoms with van der Waals surface area (Å²) in [5, 5.41) is 4.73. The van der Waals surface area contributed by atoms with Crippen LogP contribution in [0.3, 0.4) is 0 Å². The van der Waals surface area contributed by atoms with Gasteiger partial charge in [0, 0.05) is 36.6 Å². The normalized spacial score (nSPS) is 11.7. The molecule has 0 aliphatic heterocycles. The molecule has 0 fully saturated rings. The maximum atomic E-state index is 5.81. The fourth-order valence-corrected chi connectivity index (χ4v) is 3.33. The van der Waals surface area contributed by atoms with Crippen molar-refractivity contribution in [1.29, 1.82) is 0 Å². The molecule has 26 heavy (non-hydrogen) atoms. The number of aromatic nitrogens is 3. The van der Waals surface area contributed by atoms with Gasteiger partial charge in [-0.1, -0.05) is 6.07 Å². The van der Waals surface area contributed by atoms with E-state index in [0.717, 1.165) is 42.5 Å². The third-order valence-corrected chi connectivity index (χ3v) is 4.63. The summed E-state index contributed by atoms with van der Waals surface area (Å²) >= 11 is 0. The summed E-state index contributed by atoms with van der Waals surface area (Å²) in [5.74, 6) is 1.92. The maximum Gasteiger partial charge on any atom is 0.118 e. The highest BCUT2D eigenvalue weighted by molar-refractivity contribution is 5.25. The number of hydrogen-bond acceptors (Lipinski definition) is 4. The van der Waals surface area contributed by atoms with Crippen LogP contribution in [-0.4, -0.2) is 19.7 Å². The third kappa shape index (κ3) is 4.22. The molecular weight excluding hydrogens is 324 g/mol. The molecule has 0 amide bonds. The molecule has 0 bridgehead atoms. The summed E-state index contributed by atoms with van der Waals surface area (Å²) < 4.78 is 7.92. The molecule has 0 N–H and O–H groups in total. The van der Waals surface area contributed by atoms with Crippen molar-refractivity contribution in [3.8, 4) is 0 Å². The van der Waals surface area contributed by atoms with Crippen LogP contribution in [0.5, 0.6) is 0 Å². The minimum atomic E-state index is 0.361. The highest BCUT2D eigenvalue weighted by atomic mass is 16.3. The molecule has 3 aromatic rings. The van der Waals surface area contributed by atoms with Gasteiger partial charge in [-0.2, -0.15) is 5.10 Å². The molecule has 3 rings (SSSR count). The summed E-state index contributed by atoms with van der Waals surface area (Å²) in [5.41, 5.74) is 4.68. The average Bonchev–Trinajstić information content (AvgIpc) is 3.13. The molecule has 0 atom stereocenters. The van der Waals surface area contributed by atoms with Crippen molar-refractivity contribution in [3.05, 3.63) is 70.7 Å². The summed E-state index contributed by atoms with van der Waals surface area (Å²) in [4.78, 5) is 6.86. The summed E-state index contributed by atoms with van der Waals surface area (Å²) in [6, 6.07) is 10.5. The standard InChI is InChI=1S/C21H28N4O/c1-15(2)25-18(5)21(17(4)23-25)14-24(12-19-8-6-7-11-22-19)13-20-10-9-16(3)26-20/h6-11,15H,12-14H2,1-5H3. The van der Waals surface area contributed by atoms with E-state index in [9.17, 15) is 0 Å². The smallest absolute Gasteiger partial charge is 0.118 e. The molecule has 5 heteroatoms. The SMILES string of the molecule is Cc1ccc(CN(Cc2ccccn2)Cc2c(C)nn(C(C)C)c2C)o1. The van der Waals surface area contributed by atoms with Crippen LogP contribution in [0.25, 0.3) is 0 Å². The Morgan fingerprint density at radius 1 is 1.04 bits per heavy atom. The number of furan rings is 1. The van der Waals surface area contributed by atoms with E-state index in [1.54, 1.807) is 0 Å². The van der Waals surface area contributed by atoms with Crippen molar-refractivity contribution in [1.82, 2.24) is 19.7 Å². The molecule has 0 unspecified atom stereocenters. The number of nitrogens with zero attached hydrogens (tertiary/aromatic N) is 4. The Morgan fingerprint density at radius 2 is 1.85 bits per heavy atom. The van der Waals surface area contributed by atoms with Gasteiger partial charge in [-0.05, 0) is 58.9 Å². The largest absolute Gasteiger partial charge is 0.465 e. The molecule has 0 saturated carbocycles. The van der Waals surface area contributed by atoms with Gasteiger partial charge in [0.25, 0.3) is 0 Å². The van der Waals surface area contributed by atoms with Crippen molar-refractivity contribution in [2.75, 3.05) is 0 Å². The highest BCUT2D eigenvalue weighted by Gasteiger charge is 2.18. The monoisotopic (exact) mass is 352 g/mol. The van der Waals surface area contributed by atoms with Crippen molar-refractivity contribution in [2.24, 2.45) is 0 Å². The lowest BCUT2D eigenvalue weighted by atomic mass is 10.1. The van der Waals surface area contributed by atoms with Crippen molar-refractivity contribution in [2.45, 2.75) is 60.3 Å². The van der Waals surface area contributed by atoms with Crippen LogP contribution in [0.4, 0.5) is 0 Å². The van der Waals surface area contributed by atoms with Gasteiger partial charge in [0.1, 0.15) is 11.5 Å². The van der Waals surface area contributed by atoms with Gasteiger partial charge < -0.3 is 4.42 Å². The van der Waals surface area contributed by atoms with Crippen LogP contribution in [0, 0.1) is 20.8 Å². The van der Waals surface area contributed by atoms with Crippen LogP contribution in [0.2, 0.25) is 0 Å². The predicted molar refractivity (Wildman–Crippen MR) is 103 cm³/mol. The molecule has 0 aliphatic rings. The predicted octanol–water partition coefficient (Wildman–Crippen LogP) is 4.58. The third-order valence-electron chi connectivity index (χ3n) is 4.63. The van der Waals surface area contributed by atoms with Crippen LogP contribution in [0.1, 0.15) is 54.1 Å². The van der Waals surface area contributed by atoms with Crippen LogP contribution in [-0.2, 0) is 19.6 Å². The molecule has 0 radical (unpaired) electrons. The van der Waals surface area contributed by atoms with Gasteiger partial charge in [-0.15, -0.1) is 0 Å². The molecule has 0 aromatic carbocycles. The van der Waals surface area contributed by atoms with E-state index in [4.69, 9.17) is 9.52 Å². The lowest BCUT2D eigenvalue weighted by Crippen LogP contribution is -2.23. The summed E-state index contributed by atoms with van der Waals surface area (Å²) in [6.07, 6.45) is 1.85. The zero-order valence-electron chi connectivity index (χ0n) is 16.4. The first-order valence-electron chi connectivity index (χ1n) is 9.16. The van der Waals surface area contributed by atoms with E-state index < -0.39 is 0 Å². The molecular formula is C21H28N4O. The molecule has 138 valence electrons. The fraction of sp³-hybridized carbons (Fsp3) is 0.429. The Morgan fingerprint density at radius 3 is 2.42 bits per heavy atom. The number of hydrogen-bond donors (Lipinski definition) is 0. The van der Waals surface area contributed by atoms with Crippen molar-refractivity contribution >= 4 is 0 Å². The molecule has 3 heterocycles. The number of pyridine rings is 1. The van der Waals surface area contributed by atoms with Crippen LogP contribution < -0.4 is 0 Å². The Labute approximate surface area is 155 Å². The van der Waals surface area contributed by atoms with Gasteiger partial charge in [-0.25, -0.2) is 0 Å². The second-order valence-corrected chi connectivity index (χ2v) is 7.17. The Hall–Kier alpha value is -2.40. The summed E-state index contributed by atoms with van der Waals surface area (Å²) in [7, 11) is 0. The van der Waals surface area contributed by atoms with E-state index >= 15 is 0 Å². The van der Waals surface area contributed by atoms with Crippen LogP contribution in [0.15, 0.2) is 40.9 Å². The van der Waals surface area contributed by atoms with Crippen molar-refractivity contribution in [3.63, 3.8) is 0 Å². The second-order valence-electron chi connectivity index (χ2n) is 7.17. The van der Waals surface area contributed by atoms with E-state index in [0.29, 0.717) is 6.04 Å². The molecule has 3 aromatic heterocycles. The van der Waals surface area contributed by atoms with Crippen molar-refractivity contribution < 1.29 is 4.42 Å². The number of rotatable bonds is 7. The first kappa shape index (κ1) is 18.4. The fourth-order valence-electron chi connectivity index (χ4n) is 3.33. The van der Waals surface area contributed by atoms with Gasteiger partial charge in [0.05, 0.1) is 17.9 Å². The Balaban J connectivity index is 1.85. The Bertz CT molecular complexity index is 848. The zero-order valence-corrected chi connectivity index (χ0v) is 16.4. The van der Waals surface area contributed by atoms with Gasteiger partial charge >= 0.3 is 0 Å². The van der Waals surface area contributed by atoms with E-state index in [-0.39, 0.29) is 0 Å². The Kier molecular flexibility index (Phi) is 5.57. The minimum Gasteiger partial charge on any atom is -0.465 e. The average molecular weight is 352 g/mol. The lowest BCUT2D eigenvalue weighted by molar-refractivity contribution is 0.222. The first-order valence-corrected chi connectivity index (χ1v) is 9.16. The zero-order chi connectivity index (χ0) is 18.7. The van der Waals surface area contributed by atoms with Gasteiger partial charge in [-0.3, -0.25) is 14.6 Å². The first-order chi connectivity index (χ1) is 12.4. The summed E-state index contributed by atoms with van der Waals surface area (Å²) in [6.45, 7) is 12.9.